The molecule has 6 heteroatoms. The lowest BCUT2D eigenvalue weighted by Gasteiger charge is -2.25. The summed E-state index contributed by atoms with van der Waals surface area (Å²) in [5, 5.41) is 6.59. The predicted molar refractivity (Wildman–Crippen MR) is 80.7 cm³/mol. The van der Waals surface area contributed by atoms with Gasteiger partial charge in [-0.3, -0.25) is 4.79 Å². The molecule has 6 nitrogen and oxygen atoms in total. The van der Waals surface area contributed by atoms with Crippen LogP contribution >= 0.6 is 0 Å². The highest BCUT2D eigenvalue weighted by Crippen LogP contribution is 2.19. The second kappa shape index (κ2) is 7.17. The van der Waals surface area contributed by atoms with Crippen LogP contribution < -0.4 is 5.32 Å². The number of hydrogen-bond donors (Lipinski definition) is 1. The highest BCUT2D eigenvalue weighted by molar-refractivity contribution is 5.82. The van der Waals surface area contributed by atoms with E-state index < -0.39 is 5.41 Å². The van der Waals surface area contributed by atoms with Gasteiger partial charge in [0.15, 0.2) is 5.82 Å². The number of hydrogen-bond acceptors (Lipinski definition) is 5. The lowest BCUT2D eigenvalue weighted by Crippen LogP contribution is -2.41. The molecule has 0 bridgehead atoms. The van der Waals surface area contributed by atoms with Gasteiger partial charge < -0.3 is 14.6 Å². The maximum Gasteiger partial charge on any atom is 0.228 e. The Morgan fingerprint density at radius 1 is 1.36 bits per heavy atom. The molecule has 0 unspecified atom stereocenters. The fourth-order valence-corrected chi connectivity index (χ4v) is 1.89. The molecule has 0 radical (unpaired) electrons. The Kier molecular flexibility index (Phi) is 5.27. The highest BCUT2D eigenvalue weighted by Gasteiger charge is 2.29. The quantitative estimate of drug-likeness (QED) is 0.850. The largest absolute Gasteiger partial charge is 0.376 e. The molecule has 2 aromatic rings. The van der Waals surface area contributed by atoms with E-state index in [-0.39, 0.29) is 11.9 Å². The number of carbonyl (C=O) groups excluding carboxylic acids is 1. The van der Waals surface area contributed by atoms with E-state index in [2.05, 4.69) is 20.0 Å². The van der Waals surface area contributed by atoms with Crippen molar-refractivity contribution in [3.05, 3.63) is 48.1 Å². The summed E-state index contributed by atoms with van der Waals surface area (Å²) in [6, 6.07) is 9.56. The van der Waals surface area contributed by atoms with Crippen molar-refractivity contribution in [3.63, 3.8) is 0 Å². The molecule has 0 spiro atoms. The number of nitrogens with zero attached hydrogens (tertiary/aromatic N) is 2. The van der Waals surface area contributed by atoms with Gasteiger partial charge in [-0.1, -0.05) is 35.5 Å². The van der Waals surface area contributed by atoms with Crippen molar-refractivity contribution < 1.29 is 14.1 Å². The number of rotatable bonds is 7. The Hall–Kier alpha value is -2.21. The van der Waals surface area contributed by atoms with Gasteiger partial charge in [0.2, 0.25) is 12.3 Å². The fourth-order valence-electron chi connectivity index (χ4n) is 1.89. The van der Waals surface area contributed by atoms with Gasteiger partial charge in [-0.2, -0.15) is 4.98 Å². The summed E-state index contributed by atoms with van der Waals surface area (Å²) in [6.45, 7) is 6.31. The van der Waals surface area contributed by atoms with Crippen LogP contribution in [-0.2, 0) is 16.1 Å². The lowest BCUT2D eigenvalue weighted by atomic mass is 9.93. The molecular formula is C16H21N3O3. The minimum absolute atomic E-state index is 0.113. The summed E-state index contributed by atoms with van der Waals surface area (Å²) in [5.74, 6) is 0.340. The van der Waals surface area contributed by atoms with E-state index in [4.69, 9.17) is 4.74 Å². The number of benzene rings is 1. The van der Waals surface area contributed by atoms with Crippen LogP contribution in [0.2, 0.25) is 0 Å². The molecule has 0 saturated heterocycles. The number of amides is 1. The summed E-state index contributed by atoms with van der Waals surface area (Å²) in [6.07, 6.45) is 1.24. The molecule has 22 heavy (non-hydrogen) atoms. The Balaban J connectivity index is 1.82. The van der Waals surface area contributed by atoms with Crippen LogP contribution in [0.3, 0.4) is 0 Å². The van der Waals surface area contributed by atoms with E-state index in [1.165, 1.54) is 6.39 Å². The Morgan fingerprint density at radius 2 is 2.09 bits per heavy atom. The van der Waals surface area contributed by atoms with Gasteiger partial charge >= 0.3 is 0 Å². The molecule has 0 fully saturated rings. The molecule has 2 rings (SSSR count). The van der Waals surface area contributed by atoms with Gasteiger partial charge in [-0.05, 0) is 26.3 Å². The zero-order valence-electron chi connectivity index (χ0n) is 13.1. The fraction of sp³-hybridized carbons (Fsp3) is 0.438. The first kappa shape index (κ1) is 16.2. The molecule has 1 heterocycles. The monoisotopic (exact) mass is 303 g/mol. The van der Waals surface area contributed by atoms with Crippen LogP contribution in [0.4, 0.5) is 0 Å². The second-order valence-electron chi connectivity index (χ2n) is 5.85. The lowest BCUT2D eigenvalue weighted by molar-refractivity contribution is -0.133. The summed E-state index contributed by atoms with van der Waals surface area (Å²) < 4.78 is 10.3. The molecule has 1 N–H and O–H groups in total. The Labute approximate surface area is 129 Å². The second-order valence-corrected chi connectivity index (χ2v) is 5.85. The third-order valence-electron chi connectivity index (χ3n) is 3.30. The van der Waals surface area contributed by atoms with Crippen LogP contribution in [0, 0.1) is 5.41 Å². The predicted octanol–water partition coefficient (Wildman–Crippen LogP) is 2.49. The van der Waals surface area contributed by atoms with Crippen LogP contribution in [0.15, 0.2) is 41.2 Å². The van der Waals surface area contributed by atoms with Crippen molar-refractivity contribution >= 4 is 5.91 Å². The van der Waals surface area contributed by atoms with Crippen molar-refractivity contribution in [1.82, 2.24) is 15.5 Å². The number of aromatic nitrogens is 2. The van der Waals surface area contributed by atoms with E-state index in [9.17, 15) is 4.79 Å². The van der Waals surface area contributed by atoms with Crippen molar-refractivity contribution in [1.29, 1.82) is 0 Å². The zero-order valence-corrected chi connectivity index (χ0v) is 13.1. The molecule has 1 aromatic heterocycles. The van der Waals surface area contributed by atoms with Crippen molar-refractivity contribution in [2.24, 2.45) is 5.41 Å². The molecule has 0 saturated carbocycles. The molecule has 1 atom stereocenters. The third-order valence-corrected chi connectivity index (χ3v) is 3.30. The number of ether oxygens (including phenoxy) is 1. The maximum atomic E-state index is 12.3. The molecule has 0 aliphatic carbocycles. The molecule has 1 amide bonds. The molecule has 118 valence electrons. The van der Waals surface area contributed by atoms with Crippen molar-refractivity contribution in [2.45, 2.75) is 33.4 Å². The van der Waals surface area contributed by atoms with E-state index in [1.807, 2.05) is 51.1 Å². The van der Waals surface area contributed by atoms with Crippen LogP contribution in [0.1, 0.15) is 38.2 Å². The van der Waals surface area contributed by atoms with Crippen LogP contribution in [0.25, 0.3) is 0 Å². The first-order valence-corrected chi connectivity index (χ1v) is 7.18. The van der Waals surface area contributed by atoms with Crippen molar-refractivity contribution in [2.75, 3.05) is 6.61 Å². The van der Waals surface area contributed by atoms with Crippen LogP contribution in [-0.4, -0.2) is 22.7 Å². The first-order valence-electron chi connectivity index (χ1n) is 7.18. The average Bonchev–Trinajstić information content (AvgIpc) is 3.02. The van der Waals surface area contributed by atoms with Gasteiger partial charge in [-0.15, -0.1) is 0 Å². The zero-order chi connectivity index (χ0) is 16.0. The van der Waals surface area contributed by atoms with E-state index in [1.54, 1.807) is 0 Å². The minimum atomic E-state index is -0.646. The minimum Gasteiger partial charge on any atom is -0.376 e. The normalized spacial score (nSPS) is 12.9. The van der Waals surface area contributed by atoms with E-state index in [0.29, 0.717) is 19.0 Å². The van der Waals surface area contributed by atoms with Gasteiger partial charge in [-0.25, -0.2) is 0 Å². The average molecular weight is 303 g/mol. The maximum absolute atomic E-state index is 12.3. The standard InChI is InChI=1S/C16H21N3O3/c1-12(14-17-11-22-19-14)18-15(20)16(2,3)10-21-9-13-7-5-4-6-8-13/h4-8,11-12H,9-10H2,1-3H3,(H,18,20)/t12-/m0/s1. The van der Waals surface area contributed by atoms with E-state index >= 15 is 0 Å². The Bertz CT molecular complexity index is 582. The number of carbonyl (C=O) groups is 1. The summed E-state index contributed by atoms with van der Waals surface area (Å²) >= 11 is 0. The van der Waals surface area contributed by atoms with Crippen molar-refractivity contribution in [3.8, 4) is 0 Å². The SMILES string of the molecule is C[C@H](NC(=O)C(C)(C)COCc1ccccc1)c1ncon1. The molecule has 1 aromatic carbocycles. The topological polar surface area (TPSA) is 77.2 Å². The van der Waals surface area contributed by atoms with Gasteiger partial charge in [0.1, 0.15) is 0 Å². The molecular weight excluding hydrogens is 282 g/mol. The van der Waals surface area contributed by atoms with Gasteiger partial charge in [0.25, 0.3) is 0 Å². The van der Waals surface area contributed by atoms with E-state index in [0.717, 1.165) is 5.56 Å². The summed E-state index contributed by atoms with van der Waals surface area (Å²) in [5.41, 5.74) is 0.436. The molecule has 0 aliphatic rings. The summed E-state index contributed by atoms with van der Waals surface area (Å²) in [4.78, 5) is 16.3. The smallest absolute Gasteiger partial charge is 0.228 e. The van der Waals surface area contributed by atoms with Gasteiger partial charge in [0.05, 0.1) is 24.7 Å². The van der Waals surface area contributed by atoms with Gasteiger partial charge in [0, 0.05) is 0 Å². The Morgan fingerprint density at radius 3 is 2.73 bits per heavy atom. The first-order chi connectivity index (χ1) is 10.5. The summed E-state index contributed by atoms with van der Waals surface area (Å²) in [7, 11) is 0. The number of nitrogens with one attached hydrogen (secondary N) is 1. The highest BCUT2D eigenvalue weighted by atomic mass is 16.5. The third kappa shape index (κ3) is 4.39. The van der Waals surface area contributed by atoms with Crippen LogP contribution in [0.5, 0.6) is 0 Å². The molecule has 0 aliphatic heterocycles.